The smallest absolute Gasteiger partial charge is 0.165 e. The molecule has 0 amide bonds. The van der Waals surface area contributed by atoms with Crippen LogP contribution in [0.15, 0.2) is 18.2 Å². The zero-order valence-electron chi connectivity index (χ0n) is 9.92. The maximum Gasteiger partial charge on any atom is 0.165 e. The second kappa shape index (κ2) is 4.65. The molecule has 0 spiro atoms. The van der Waals surface area contributed by atoms with Crippen molar-refractivity contribution in [3.8, 4) is 5.75 Å². The van der Waals surface area contributed by atoms with E-state index in [4.69, 9.17) is 4.74 Å². The van der Waals surface area contributed by atoms with Crippen molar-refractivity contribution >= 4 is 0 Å². The van der Waals surface area contributed by atoms with Gasteiger partial charge in [-0.15, -0.1) is 0 Å². The highest BCUT2D eigenvalue weighted by molar-refractivity contribution is 5.35. The minimum atomic E-state index is -0.235. The number of rotatable bonds is 6. The highest BCUT2D eigenvalue weighted by Gasteiger charge is 2.24. The van der Waals surface area contributed by atoms with E-state index in [9.17, 15) is 4.39 Å². The Morgan fingerprint density at radius 1 is 1.24 bits per heavy atom. The molecule has 92 valence electrons. The van der Waals surface area contributed by atoms with Crippen molar-refractivity contribution in [2.45, 2.75) is 38.3 Å². The first kappa shape index (κ1) is 11.0. The van der Waals surface area contributed by atoms with Gasteiger partial charge in [-0.2, -0.15) is 0 Å². The number of nitrogens with one attached hydrogen (secondary N) is 1. The van der Waals surface area contributed by atoms with Gasteiger partial charge in [0.2, 0.25) is 0 Å². The molecule has 1 N–H and O–H groups in total. The fourth-order valence-electron chi connectivity index (χ4n) is 1.88. The third-order valence-corrected chi connectivity index (χ3v) is 3.37. The molecule has 3 heteroatoms. The standard InChI is InChI=1S/C14H18FNO/c15-13-3-1-2-11(8-16-12-6-7-12)14(13)17-9-10-4-5-10/h1-3,10,12,16H,4-9H2. The minimum Gasteiger partial charge on any atom is -0.490 e. The van der Waals surface area contributed by atoms with Crippen molar-refractivity contribution in [1.29, 1.82) is 0 Å². The van der Waals surface area contributed by atoms with E-state index in [-0.39, 0.29) is 5.82 Å². The summed E-state index contributed by atoms with van der Waals surface area (Å²) < 4.78 is 19.3. The number of hydrogen-bond acceptors (Lipinski definition) is 2. The molecule has 17 heavy (non-hydrogen) atoms. The third-order valence-electron chi connectivity index (χ3n) is 3.37. The Morgan fingerprint density at radius 2 is 2.06 bits per heavy atom. The average molecular weight is 235 g/mol. The molecular weight excluding hydrogens is 217 g/mol. The zero-order valence-corrected chi connectivity index (χ0v) is 9.92. The Hall–Kier alpha value is -1.09. The zero-order chi connectivity index (χ0) is 11.7. The van der Waals surface area contributed by atoms with Gasteiger partial charge in [0, 0.05) is 18.2 Å². The van der Waals surface area contributed by atoms with E-state index in [1.54, 1.807) is 6.07 Å². The molecule has 2 aliphatic carbocycles. The maximum absolute atomic E-state index is 13.7. The van der Waals surface area contributed by atoms with E-state index in [2.05, 4.69) is 5.32 Å². The largest absolute Gasteiger partial charge is 0.490 e. The fraction of sp³-hybridized carbons (Fsp3) is 0.571. The van der Waals surface area contributed by atoms with Gasteiger partial charge in [-0.25, -0.2) is 4.39 Å². The fourth-order valence-corrected chi connectivity index (χ4v) is 1.88. The van der Waals surface area contributed by atoms with Crippen LogP contribution in [0, 0.1) is 11.7 Å². The molecule has 0 aromatic heterocycles. The Bertz CT molecular complexity index is 399. The summed E-state index contributed by atoms with van der Waals surface area (Å²) in [6.07, 6.45) is 4.94. The first-order chi connectivity index (χ1) is 8.33. The van der Waals surface area contributed by atoms with Crippen molar-refractivity contribution in [3.63, 3.8) is 0 Å². The van der Waals surface area contributed by atoms with Crippen molar-refractivity contribution in [2.75, 3.05) is 6.61 Å². The molecule has 0 saturated heterocycles. The lowest BCUT2D eigenvalue weighted by molar-refractivity contribution is 0.281. The molecule has 2 aliphatic rings. The minimum absolute atomic E-state index is 0.235. The van der Waals surface area contributed by atoms with Gasteiger partial charge in [-0.1, -0.05) is 12.1 Å². The summed E-state index contributed by atoms with van der Waals surface area (Å²) in [6, 6.07) is 5.81. The highest BCUT2D eigenvalue weighted by atomic mass is 19.1. The lowest BCUT2D eigenvalue weighted by Crippen LogP contribution is -2.16. The summed E-state index contributed by atoms with van der Waals surface area (Å²) in [7, 11) is 0. The molecule has 2 nitrogen and oxygen atoms in total. The van der Waals surface area contributed by atoms with Crippen LogP contribution >= 0.6 is 0 Å². The van der Waals surface area contributed by atoms with E-state index in [0.717, 1.165) is 5.56 Å². The molecule has 3 rings (SSSR count). The van der Waals surface area contributed by atoms with Crippen molar-refractivity contribution in [3.05, 3.63) is 29.6 Å². The van der Waals surface area contributed by atoms with E-state index in [0.29, 0.717) is 30.9 Å². The lowest BCUT2D eigenvalue weighted by atomic mass is 10.2. The number of halogens is 1. The predicted octanol–water partition coefficient (Wildman–Crippen LogP) is 2.87. The molecule has 1 aromatic carbocycles. The number of ether oxygens (including phenoxy) is 1. The van der Waals surface area contributed by atoms with E-state index in [1.165, 1.54) is 31.7 Å². The molecule has 0 unspecified atom stereocenters. The van der Waals surface area contributed by atoms with Crippen LogP contribution in [0.4, 0.5) is 4.39 Å². The Balaban J connectivity index is 1.66. The van der Waals surface area contributed by atoms with Gasteiger partial charge >= 0.3 is 0 Å². The van der Waals surface area contributed by atoms with E-state index < -0.39 is 0 Å². The van der Waals surface area contributed by atoms with Gasteiger partial charge in [0.25, 0.3) is 0 Å². The summed E-state index contributed by atoms with van der Waals surface area (Å²) in [6.45, 7) is 1.37. The van der Waals surface area contributed by atoms with Gasteiger partial charge in [-0.3, -0.25) is 0 Å². The van der Waals surface area contributed by atoms with Crippen LogP contribution < -0.4 is 10.1 Å². The molecule has 0 bridgehead atoms. The molecular formula is C14H18FNO. The van der Waals surface area contributed by atoms with Gasteiger partial charge in [0.15, 0.2) is 11.6 Å². The number of benzene rings is 1. The van der Waals surface area contributed by atoms with Crippen molar-refractivity contribution in [1.82, 2.24) is 5.32 Å². The first-order valence-electron chi connectivity index (χ1n) is 6.46. The topological polar surface area (TPSA) is 21.3 Å². The predicted molar refractivity (Wildman–Crippen MR) is 64.5 cm³/mol. The van der Waals surface area contributed by atoms with Crippen LogP contribution in [0.25, 0.3) is 0 Å². The van der Waals surface area contributed by atoms with Crippen LogP contribution in [0.3, 0.4) is 0 Å². The molecule has 0 heterocycles. The third kappa shape index (κ3) is 2.97. The Labute approximate surface area is 101 Å². The van der Waals surface area contributed by atoms with Crippen LogP contribution in [0.1, 0.15) is 31.2 Å². The normalized spacial score (nSPS) is 19.4. The first-order valence-corrected chi connectivity index (χ1v) is 6.46. The molecule has 1 aromatic rings. The summed E-state index contributed by atoms with van der Waals surface area (Å²) in [5.74, 6) is 0.868. The molecule has 0 aliphatic heterocycles. The van der Waals surface area contributed by atoms with Gasteiger partial charge in [0.1, 0.15) is 0 Å². The average Bonchev–Trinajstić information content (AvgIpc) is 3.18. The Kier molecular flexibility index (Phi) is 3.02. The summed E-state index contributed by atoms with van der Waals surface area (Å²) in [5, 5.41) is 3.40. The van der Waals surface area contributed by atoms with E-state index >= 15 is 0 Å². The SMILES string of the molecule is Fc1cccc(CNC2CC2)c1OCC1CC1. The maximum atomic E-state index is 13.7. The lowest BCUT2D eigenvalue weighted by Gasteiger charge is -2.12. The second-order valence-electron chi connectivity index (χ2n) is 5.14. The quantitative estimate of drug-likeness (QED) is 0.818. The molecule has 2 fully saturated rings. The van der Waals surface area contributed by atoms with E-state index in [1.807, 2.05) is 6.07 Å². The molecule has 2 saturated carbocycles. The Morgan fingerprint density at radius 3 is 2.76 bits per heavy atom. The monoisotopic (exact) mass is 235 g/mol. The number of hydrogen-bond donors (Lipinski definition) is 1. The van der Waals surface area contributed by atoms with Gasteiger partial charge < -0.3 is 10.1 Å². The summed E-state index contributed by atoms with van der Waals surface area (Å²) in [5.41, 5.74) is 0.942. The summed E-state index contributed by atoms with van der Waals surface area (Å²) >= 11 is 0. The van der Waals surface area contributed by atoms with Crippen molar-refractivity contribution < 1.29 is 9.13 Å². The highest BCUT2D eigenvalue weighted by Crippen LogP contribution is 2.31. The molecule has 0 radical (unpaired) electrons. The second-order valence-corrected chi connectivity index (χ2v) is 5.14. The van der Waals surface area contributed by atoms with Crippen LogP contribution in [0.5, 0.6) is 5.75 Å². The van der Waals surface area contributed by atoms with Crippen LogP contribution in [-0.2, 0) is 6.54 Å². The summed E-state index contributed by atoms with van der Waals surface area (Å²) in [4.78, 5) is 0. The van der Waals surface area contributed by atoms with Crippen molar-refractivity contribution in [2.24, 2.45) is 5.92 Å². The van der Waals surface area contributed by atoms with Gasteiger partial charge in [0.05, 0.1) is 6.61 Å². The van der Waals surface area contributed by atoms with Crippen LogP contribution in [0.2, 0.25) is 0 Å². The van der Waals surface area contributed by atoms with Crippen LogP contribution in [-0.4, -0.2) is 12.6 Å². The number of para-hydroxylation sites is 1. The molecule has 0 atom stereocenters. The van der Waals surface area contributed by atoms with Gasteiger partial charge in [-0.05, 0) is 37.7 Å².